The van der Waals surface area contributed by atoms with E-state index in [1.165, 1.54) is 6.20 Å². The van der Waals surface area contributed by atoms with Crippen LogP contribution >= 0.6 is 0 Å². The molecule has 7 nitrogen and oxygen atoms in total. The Hall–Kier alpha value is -2.72. The standard InChI is InChI=1S/C18H19N5O2/c1-18(2,9-24)21-17(25)15-14-5-11-4-13(11)16(14)23(22-15)12-3-10(6-19)7-20-8-12/h3,7-8,11,13,24H,4-5,9H2,1-2H3,(H,21,25)/t11-,13-/m1/s1. The first-order valence-electron chi connectivity index (χ1n) is 8.34. The number of aliphatic hydroxyl groups excluding tert-OH is 1. The van der Waals surface area contributed by atoms with Gasteiger partial charge in [0, 0.05) is 17.7 Å². The van der Waals surface area contributed by atoms with Crippen LogP contribution in [0.15, 0.2) is 18.5 Å². The number of rotatable bonds is 4. The Morgan fingerprint density at radius 2 is 2.32 bits per heavy atom. The van der Waals surface area contributed by atoms with Gasteiger partial charge in [0.25, 0.3) is 5.91 Å². The SMILES string of the molecule is CC(C)(CO)NC(=O)c1nn(-c2cncc(C#N)c2)c2c1C[C@H]1C[C@@H]21. The first kappa shape index (κ1) is 15.8. The van der Waals surface area contributed by atoms with E-state index < -0.39 is 5.54 Å². The minimum Gasteiger partial charge on any atom is -0.394 e. The van der Waals surface area contributed by atoms with Crippen molar-refractivity contribution in [2.45, 2.75) is 38.1 Å². The quantitative estimate of drug-likeness (QED) is 0.875. The number of fused-ring (bicyclic) bond motifs is 3. The molecule has 0 aliphatic heterocycles. The van der Waals surface area contributed by atoms with Gasteiger partial charge < -0.3 is 10.4 Å². The molecule has 7 heteroatoms. The molecule has 2 heterocycles. The van der Waals surface area contributed by atoms with Crippen molar-refractivity contribution < 1.29 is 9.90 Å². The minimum atomic E-state index is -0.711. The molecule has 1 saturated carbocycles. The van der Waals surface area contributed by atoms with E-state index in [1.54, 1.807) is 30.8 Å². The summed E-state index contributed by atoms with van der Waals surface area (Å²) in [5.74, 6) is 0.740. The van der Waals surface area contributed by atoms with Crippen molar-refractivity contribution in [3.8, 4) is 11.8 Å². The monoisotopic (exact) mass is 337 g/mol. The zero-order chi connectivity index (χ0) is 17.8. The van der Waals surface area contributed by atoms with E-state index in [9.17, 15) is 9.90 Å². The topological polar surface area (TPSA) is 104 Å². The number of nitrogens with zero attached hydrogens (tertiary/aromatic N) is 4. The number of hydrogen-bond donors (Lipinski definition) is 2. The summed E-state index contributed by atoms with van der Waals surface area (Å²) in [6.07, 6.45) is 5.13. The average Bonchev–Trinajstić information content (AvgIpc) is 3.10. The molecule has 2 atom stereocenters. The van der Waals surface area contributed by atoms with Crippen LogP contribution in [0, 0.1) is 17.2 Å². The van der Waals surface area contributed by atoms with E-state index in [-0.39, 0.29) is 12.5 Å². The second-order valence-corrected chi connectivity index (χ2v) is 7.47. The number of carbonyl (C=O) groups excluding carboxylic acids is 1. The molecule has 4 rings (SSSR count). The van der Waals surface area contributed by atoms with Gasteiger partial charge >= 0.3 is 0 Å². The Bertz CT molecular complexity index is 909. The normalized spacial score (nSPS) is 20.6. The number of hydrogen-bond acceptors (Lipinski definition) is 5. The third-order valence-corrected chi connectivity index (χ3v) is 4.92. The smallest absolute Gasteiger partial charge is 0.272 e. The van der Waals surface area contributed by atoms with Gasteiger partial charge in [0.15, 0.2) is 5.69 Å². The van der Waals surface area contributed by atoms with Crippen molar-refractivity contribution in [3.63, 3.8) is 0 Å². The van der Waals surface area contributed by atoms with Gasteiger partial charge in [-0.15, -0.1) is 0 Å². The summed E-state index contributed by atoms with van der Waals surface area (Å²) in [5, 5.41) is 25.9. The number of nitrogens with one attached hydrogen (secondary N) is 1. The maximum atomic E-state index is 12.7. The highest BCUT2D eigenvalue weighted by Crippen LogP contribution is 2.57. The third kappa shape index (κ3) is 2.59. The molecule has 0 aromatic carbocycles. The lowest BCUT2D eigenvalue weighted by atomic mass is 10.1. The van der Waals surface area contributed by atoms with Crippen molar-refractivity contribution >= 4 is 5.91 Å². The predicted octanol–water partition coefficient (Wildman–Crippen LogP) is 1.30. The lowest BCUT2D eigenvalue weighted by Gasteiger charge is -2.23. The Morgan fingerprint density at radius 3 is 3.04 bits per heavy atom. The van der Waals surface area contributed by atoms with Crippen molar-refractivity contribution in [3.05, 3.63) is 41.0 Å². The molecule has 0 spiro atoms. The zero-order valence-electron chi connectivity index (χ0n) is 14.2. The maximum Gasteiger partial charge on any atom is 0.272 e. The summed E-state index contributed by atoms with van der Waals surface area (Å²) in [6.45, 7) is 3.38. The Morgan fingerprint density at radius 1 is 1.52 bits per heavy atom. The number of nitriles is 1. The highest BCUT2D eigenvalue weighted by atomic mass is 16.3. The van der Waals surface area contributed by atoms with Crippen molar-refractivity contribution in [2.75, 3.05) is 6.61 Å². The second kappa shape index (κ2) is 5.39. The summed E-state index contributed by atoms with van der Waals surface area (Å²) in [4.78, 5) is 16.8. The molecule has 2 aromatic rings. The lowest BCUT2D eigenvalue weighted by Crippen LogP contribution is -2.46. The fourth-order valence-electron chi connectivity index (χ4n) is 3.51. The largest absolute Gasteiger partial charge is 0.394 e. The van der Waals surface area contributed by atoms with Gasteiger partial charge in [-0.1, -0.05) is 0 Å². The van der Waals surface area contributed by atoms with Crippen LogP contribution in [0.25, 0.3) is 5.69 Å². The molecule has 1 fully saturated rings. The van der Waals surface area contributed by atoms with Gasteiger partial charge in [-0.2, -0.15) is 10.4 Å². The first-order valence-corrected chi connectivity index (χ1v) is 8.34. The maximum absolute atomic E-state index is 12.7. The molecule has 1 amide bonds. The van der Waals surface area contributed by atoms with Crippen molar-refractivity contribution in [1.29, 1.82) is 5.26 Å². The van der Waals surface area contributed by atoms with Crippen molar-refractivity contribution in [2.24, 2.45) is 5.92 Å². The fourth-order valence-corrected chi connectivity index (χ4v) is 3.51. The number of amides is 1. The summed E-state index contributed by atoms with van der Waals surface area (Å²) < 4.78 is 1.77. The van der Waals surface area contributed by atoms with Crippen LogP contribution in [-0.2, 0) is 6.42 Å². The van der Waals surface area contributed by atoms with E-state index in [0.717, 1.165) is 24.1 Å². The molecule has 25 heavy (non-hydrogen) atoms. The molecular weight excluding hydrogens is 318 g/mol. The zero-order valence-corrected chi connectivity index (χ0v) is 14.2. The van der Waals surface area contributed by atoms with E-state index in [0.29, 0.717) is 28.8 Å². The van der Waals surface area contributed by atoms with Crippen LogP contribution in [0.2, 0.25) is 0 Å². The van der Waals surface area contributed by atoms with Gasteiger partial charge in [0.2, 0.25) is 0 Å². The van der Waals surface area contributed by atoms with Crippen LogP contribution < -0.4 is 5.32 Å². The van der Waals surface area contributed by atoms with Gasteiger partial charge in [0.05, 0.1) is 35.3 Å². The summed E-state index contributed by atoms with van der Waals surface area (Å²) in [5.41, 5.74) is 2.90. The van der Waals surface area contributed by atoms with Crippen LogP contribution in [0.5, 0.6) is 0 Å². The average molecular weight is 337 g/mol. The summed E-state index contributed by atoms with van der Waals surface area (Å²) in [7, 11) is 0. The third-order valence-electron chi connectivity index (χ3n) is 4.92. The minimum absolute atomic E-state index is 0.152. The highest BCUT2D eigenvalue weighted by Gasteiger charge is 2.50. The van der Waals surface area contributed by atoms with E-state index >= 15 is 0 Å². The Kier molecular flexibility index (Phi) is 3.41. The fraction of sp³-hybridized carbons (Fsp3) is 0.444. The number of carbonyl (C=O) groups is 1. The lowest BCUT2D eigenvalue weighted by molar-refractivity contribution is 0.0863. The van der Waals surface area contributed by atoms with E-state index in [4.69, 9.17) is 5.26 Å². The number of aliphatic hydroxyl groups is 1. The molecule has 0 bridgehead atoms. The molecule has 2 aliphatic carbocycles. The van der Waals surface area contributed by atoms with E-state index in [2.05, 4.69) is 21.5 Å². The first-order chi connectivity index (χ1) is 11.9. The van der Waals surface area contributed by atoms with Crippen LogP contribution in [0.1, 0.15) is 53.5 Å². The molecular formula is C18H19N5O2. The molecule has 2 aliphatic rings. The molecule has 128 valence electrons. The summed E-state index contributed by atoms with van der Waals surface area (Å²) in [6, 6.07) is 3.82. The number of pyridine rings is 1. The molecule has 2 N–H and O–H groups in total. The molecule has 0 unspecified atom stereocenters. The van der Waals surface area contributed by atoms with Crippen LogP contribution in [0.3, 0.4) is 0 Å². The predicted molar refractivity (Wildman–Crippen MR) is 89.3 cm³/mol. The van der Waals surface area contributed by atoms with Gasteiger partial charge in [-0.25, -0.2) is 4.68 Å². The summed E-state index contributed by atoms with van der Waals surface area (Å²) >= 11 is 0. The van der Waals surface area contributed by atoms with Crippen LogP contribution in [-0.4, -0.2) is 37.9 Å². The van der Waals surface area contributed by atoms with Crippen LogP contribution in [0.4, 0.5) is 0 Å². The second-order valence-electron chi connectivity index (χ2n) is 7.47. The Balaban J connectivity index is 1.77. The van der Waals surface area contributed by atoms with Crippen molar-refractivity contribution in [1.82, 2.24) is 20.1 Å². The van der Waals surface area contributed by atoms with Gasteiger partial charge in [-0.05, 0) is 38.7 Å². The number of aromatic nitrogens is 3. The highest BCUT2D eigenvalue weighted by molar-refractivity contribution is 5.95. The molecule has 0 saturated heterocycles. The molecule has 0 radical (unpaired) electrons. The van der Waals surface area contributed by atoms with E-state index in [1.807, 2.05) is 0 Å². The van der Waals surface area contributed by atoms with Gasteiger partial charge in [-0.3, -0.25) is 9.78 Å². The molecule has 2 aromatic heterocycles. The Labute approximate surface area is 145 Å². The van der Waals surface area contributed by atoms with Gasteiger partial charge in [0.1, 0.15) is 6.07 Å².